The Morgan fingerprint density at radius 2 is 1.44 bits per heavy atom. The van der Waals surface area contributed by atoms with Crippen molar-refractivity contribution in [2.75, 3.05) is 0 Å². The van der Waals surface area contributed by atoms with Crippen LogP contribution in [0.2, 0.25) is 0 Å². The predicted octanol–water partition coefficient (Wildman–Crippen LogP) is 0.398. The molecule has 1 rings (SSSR count). The molecule has 7 heteroatoms. The van der Waals surface area contributed by atoms with E-state index in [1.165, 1.54) is 0 Å². The van der Waals surface area contributed by atoms with Gasteiger partial charge in [-0.3, -0.25) is 0 Å². The zero-order valence-electron chi connectivity index (χ0n) is 7.88. The number of rotatable bonds is 3. The van der Waals surface area contributed by atoms with E-state index >= 15 is 0 Å². The van der Waals surface area contributed by atoms with Crippen molar-refractivity contribution in [3.63, 3.8) is 0 Å². The maximum atomic E-state index is 10.7. The van der Waals surface area contributed by atoms with Crippen molar-refractivity contribution in [2.45, 2.75) is 0 Å². The summed E-state index contributed by atoms with van der Waals surface area (Å²) in [5.41, 5.74) is 4.11. The number of aromatic carboxylic acids is 2. The number of amides is 2. The van der Waals surface area contributed by atoms with Gasteiger partial charge in [0.1, 0.15) is 0 Å². The molecule has 7 nitrogen and oxygen atoms in total. The number of primary amides is 1. The molecule has 16 heavy (non-hydrogen) atoms. The highest BCUT2D eigenvalue weighted by molar-refractivity contribution is 5.95. The third-order valence-electron chi connectivity index (χ3n) is 1.65. The van der Waals surface area contributed by atoms with E-state index in [1.54, 1.807) is 0 Å². The zero-order chi connectivity index (χ0) is 12.3. The lowest BCUT2D eigenvalue weighted by molar-refractivity contribution is 0.0696. The van der Waals surface area contributed by atoms with Gasteiger partial charge in [-0.05, 0) is 18.2 Å². The molecule has 0 atom stereocenters. The summed E-state index contributed by atoms with van der Waals surface area (Å²) in [5.74, 6) is -2.63. The first kappa shape index (κ1) is 11.5. The molecule has 0 saturated heterocycles. The van der Waals surface area contributed by atoms with Crippen molar-refractivity contribution >= 4 is 23.7 Å². The average molecular weight is 223 g/mol. The Morgan fingerprint density at radius 3 is 1.75 bits per heavy atom. The number of carbonyl (C=O) groups is 3. The third kappa shape index (κ3) is 2.71. The van der Waals surface area contributed by atoms with Crippen molar-refractivity contribution in [2.24, 2.45) is 5.73 Å². The molecule has 2 amide bonds. The molecule has 0 aliphatic carbocycles. The highest BCUT2D eigenvalue weighted by atomic mass is 16.4. The maximum Gasteiger partial charge on any atom is 0.338 e. The van der Waals surface area contributed by atoms with Gasteiger partial charge in [0, 0.05) is 0 Å². The van der Waals surface area contributed by atoms with Crippen LogP contribution in [0.1, 0.15) is 20.7 Å². The summed E-state index contributed by atoms with van der Waals surface area (Å²) in [4.78, 5) is 31.8. The molecule has 0 bridgehead atoms. The molecule has 1 radical (unpaired) electrons. The van der Waals surface area contributed by atoms with E-state index in [-0.39, 0.29) is 16.8 Å². The van der Waals surface area contributed by atoms with Crippen LogP contribution in [-0.2, 0) is 0 Å². The number of nitrogens with two attached hydrogens (primary N) is 1. The first-order valence-electron chi connectivity index (χ1n) is 4.03. The summed E-state index contributed by atoms with van der Waals surface area (Å²) in [6.45, 7) is 0. The standard InChI is InChI=1S/C9H7N2O5/c10-9(16)11-6-2-4(7(12)13)1-5(3-6)8(14)15/h1-3H,(H2,10,16)(H,12,13)(H,14,15). The maximum absolute atomic E-state index is 10.7. The van der Waals surface area contributed by atoms with Crippen LogP contribution in [-0.4, -0.2) is 28.2 Å². The molecule has 0 aliphatic heterocycles. The summed E-state index contributed by atoms with van der Waals surface area (Å²) in [6, 6.07) is 2.04. The Balaban J connectivity index is 3.23. The van der Waals surface area contributed by atoms with Gasteiger partial charge in [0.15, 0.2) is 0 Å². The second-order valence-electron chi connectivity index (χ2n) is 2.83. The fourth-order valence-corrected chi connectivity index (χ4v) is 1.05. The minimum absolute atomic E-state index is 0.107. The number of hydrogen-bond acceptors (Lipinski definition) is 3. The van der Waals surface area contributed by atoms with Gasteiger partial charge >= 0.3 is 18.0 Å². The highest BCUT2D eigenvalue weighted by Gasteiger charge is 2.12. The fraction of sp³-hybridized carbons (Fsp3) is 0. The molecule has 0 unspecified atom stereocenters. The van der Waals surface area contributed by atoms with E-state index in [1.807, 2.05) is 0 Å². The largest absolute Gasteiger partial charge is 0.478 e. The Bertz CT molecular complexity index is 437. The molecule has 0 aromatic heterocycles. The van der Waals surface area contributed by atoms with Crippen molar-refractivity contribution < 1.29 is 24.6 Å². The lowest BCUT2D eigenvalue weighted by Gasteiger charge is -2.02. The molecule has 0 heterocycles. The van der Waals surface area contributed by atoms with Crippen molar-refractivity contribution in [3.05, 3.63) is 29.3 Å². The molecule has 83 valence electrons. The Morgan fingerprint density at radius 1 is 1.00 bits per heavy atom. The second-order valence-corrected chi connectivity index (χ2v) is 2.83. The number of benzene rings is 1. The summed E-state index contributed by atoms with van der Waals surface area (Å²) < 4.78 is 0. The quantitative estimate of drug-likeness (QED) is 0.682. The summed E-state index contributed by atoms with van der Waals surface area (Å²) >= 11 is 0. The fourth-order valence-electron chi connectivity index (χ4n) is 1.05. The van der Waals surface area contributed by atoms with Crippen LogP contribution in [0.5, 0.6) is 0 Å². The van der Waals surface area contributed by atoms with E-state index in [0.717, 1.165) is 18.2 Å². The number of carboxylic acid groups (broad SMARTS) is 2. The minimum atomic E-state index is -1.32. The average Bonchev–Trinajstić information content (AvgIpc) is 2.15. The van der Waals surface area contributed by atoms with Gasteiger partial charge in [-0.15, -0.1) is 0 Å². The SMILES string of the molecule is NC(=O)[N]c1cc(C(=O)O)cc(C(=O)O)c1. The summed E-state index contributed by atoms with van der Waals surface area (Å²) in [5, 5.41) is 20.7. The molecule has 0 saturated carbocycles. The third-order valence-corrected chi connectivity index (χ3v) is 1.65. The van der Waals surface area contributed by atoms with Gasteiger partial charge < -0.3 is 15.9 Å². The smallest absolute Gasteiger partial charge is 0.338 e. The molecule has 0 aliphatic rings. The predicted molar refractivity (Wildman–Crippen MR) is 51.7 cm³/mol. The Labute approximate surface area is 89.5 Å². The van der Waals surface area contributed by atoms with Crippen LogP contribution >= 0.6 is 0 Å². The topological polar surface area (TPSA) is 132 Å². The van der Waals surface area contributed by atoms with Crippen LogP contribution in [0, 0.1) is 0 Å². The van der Waals surface area contributed by atoms with Gasteiger partial charge in [0.25, 0.3) is 0 Å². The summed E-state index contributed by atoms with van der Waals surface area (Å²) in [6.07, 6.45) is 0. The first-order chi connectivity index (χ1) is 7.40. The number of carboxylic acids is 2. The molecule has 1 aromatic carbocycles. The van der Waals surface area contributed by atoms with Crippen LogP contribution in [0.15, 0.2) is 18.2 Å². The molecule has 0 fully saturated rings. The van der Waals surface area contributed by atoms with Gasteiger partial charge in [-0.2, -0.15) is 5.32 Å². The summed E-state index contributed by atoms with van der Waals surface area (Å²) in [7, 11) is 0. The zero-order valence-corrected chi connectivity index (χ0v) is 7.88. The van der Waals surface area contributed by atoms with E-state index in [2.05, 4.69) is 5.32 Å². The number of nitrogens with zero attached hydrogens (tertiary/aromatic N) is 1. The Kier molecular flexibility index (Phi) is 3.09. The molecule has 4 N–H and O–H groups in total. The first-order valence-corrected chi connectivity index (χ1v) is 4.03. The van der Waals surface area contributed by atoms with E-state index in [4.69, 9.17) is 15.9 Å². The van der Waals surface area contributed by atoms with E-state index < -0.39 is 18.0 Å². The van der Waals surface area contributed by atoms with Crippen molar-refractivity contribution in [3.8, 4) is 0 Å². The van der Waals surface area contributed by atoms with Crippen LogP contribution in [0.3, 0.4) is 0 Å². The number of hydrogen-bond donors (Lipinski definition) is 3. The van der Waals surface area contributed by atoms with Gasteiger partial charge in [-0.1, -0.05) is 0 Å². The molecular weight excluding hydrogens is 216 g/mol. The van der Waals surface area contributed by atoms with Gasteiger partial charge in [0.05, 0.1) is 16.8 Å². The van der Waals surface area contributed by atoms with Gasteiger partial charge in [-0.25, -0.2) is 14.4 Å². The normalized spacial score (nSPS) is 9.50. The van der Waals surface area contributed by atoms with Gasteiger partial charge in [0.2, 0.25) is 0 Å². The van der Waals surface area contributed by atoms with Crippen LogP contribution in [0.4, 0.5) is 10.5 Å². The van der Waals surface area contributed by atoms with E-state index in [0.29, 0.717) is 0 Å². The number of carbonyl (C=O) groups excluding carboxylic acids is 1. The monoisotopic (exact) mass is 223 g/mol. The van der Waals surface area contributed by atoms with E-state index in [9.17, 15) is 14.4 Å². The van der Waals surface area contributed by atoms with Crippen molar-refractivity contribution in [1.82, 2.24) is 5.32 Å². The molecular formula is C9H7N2O5. The second kappa shape index (κ2) is 4.30. The lowest BCUT2D eigenvalue weighted by atomic mass is 10.1. The Hall–Kier alpha value is -2.57. The van der Waals surface area contributed by atoms with Crippen LogP contribution in [0.25, 0.3) is 0 Å². The van der Waals surface area contributed by atoms with Crippen LogP contribution < -0.4 is 11.1 Å². The molecule has 0 spiro atoms. The number of urea groups is 1. The molecule has 1 aromatic rings. The highest BCUT2D eigenvalue weighted by Crippen LogP contribution is 2.15. The lowest BCUT2D eigenvalue weighted by Crippen LogP contribution is -2.19. The minimum Gasteiger partial charge on any atom is -0.478 e. The van der Waals surface area contributed by atoms with Crippen molar-refractivity contribution in [1.29, 1.82) is 0 Å².